The molecule has 0 spiro atoms. The lowest BCUT2D eigenvalue weighted by Crippen LogP contribution is -2.40. The molecule has 2 rings (SSSR count). The number of amides is 1. The number of rotatable bonds is 7. The van der Waals surface area contributed by atoms with Crippen LogP contribution < -0.4 is 11.1 Å². The van der Waals surface area contributed by atoms with Crippen LogP contribution in [-0.2, 0) is 0 Å². The highest BCUT2D eigenvalue weighted by Gasteiger charge is 2.17. The predicted octanol–water partition coefficient (Wildman–Crippen LogP) is 1.56. The van der Waals surface area contributed by atoms with Crippen LogP contribution in [0.15, 0.2) is 24.5 Å². The third-order valence-electron chi connectivity index (χ3n) is 3.32. The second-order valence-electron chi connectivity index (χ2n) is 4.96. The molecule has 1 aromatic heterocycles. The standard InChI is InChI=1S/C14H19ClN6O/c1-2-3-4-11(8-16)18-14(22)12-7-10(15)5-6-13(12)21-9-17-19-20-21/h5-7,9,11H,2-4,8,16H2,1H3,(H,18,22). The number of tetrazole rings is 1. The van der Waals surface area contributed by atoms with Gasteiger partial charge < -0.3 is 11.1 Å². The van der Waals surface area contributed by atoms with E-state index in [0.717, 1.165) is 19.3 Å². The van der Waals surface area contributed by atoms with Gasteiger partial charge in [-0.2, -0.15) is 4.68 Å². The molecular formula is C14H19ClN6O. The van der Waals surface area contributed by atoms with Crippen molar-refractivity contribution in [1.82, 2.24) is 25.5 Å². The zero-order valence-corrected chi connectivity index (χ0v) is 13.1. The van der Waals surface area contributed by atoms with Crippen LogP contribution in [0, 0.1) is 0 Å². The van der Waals surface area contributed by atoms with Crippen LogP contribution in [0.2, 0.25) is 5.02 Å². The maximum Gasteiger partial charge on any atom is 0.253 e. The molecule has 0 aliphatic carbocycles. The fraction of sp³-hybridized carbons (Fsp3) is 0.429. The van der Waals surface area contributed by atoms with Crippen LogP contribution in [0.5, 0.6) is 0 Å². The van der Waals surface area contributed by atoms with Crippen LogP contribution in [0.25, 0.3) is 5.69 Å². The molecule has 1 unspecified atom stereocenters. The Balaban J connectivity index is 2.23. The van der Waals surface area contributed by atoms with E-state index < -0.39 is 0 Å². The molecule has 0 fully saturated rings. The molecule has 1 aromatic carbocycles. The Hall–Kier alpha value is -1.99. The number of unbranched alkanes of at least 4 members (excludes halogenated alkanes) is 1. The van der Waals surface area contributed by atoms with Crippen LogP contribution >= 0.6 is 11.6 Å². The maximum atomic E-state index is 12.5. The number of carbonyl (C=O) groups excluding carboxylic acids is 1. The number of nitrogens with one attached hydrogen (secondary N) is 1. The summed E-state index contributed by atoms with van der Waals surface area (Å²) in [7, 11) is 0. The number of aromatic nitrogens is 4. The van der Waals surface area contributed by atoms with E-state index in [1.807, 2.05) is 0 Å². The fourth-order valence-electron chi connectivity index (χ4n) is 2.12. The molecule has 22 heavy (non-hydrogen) atoms. The van der Waals surface area contributed by atoms with E-state index in [-0.39, 0.29) is 11.9 Å². The summed E-state index contributed by atoms with van der Waals surface area (Å²) in [6.07, 6.45) is 4.34. The Morgan fingerprint density at radius 3 is 2.95 bits per heavy atom. The van der Waals surface area contributed by atoms with Crippen molar-refractivity contribution in [3.05, 3.63) is 35.1 Å². The van der Waals surface area contributed by atoms with Gasteiger partial charge in [-0.05, 0) is 35.0 Å². The minimum absolute atomic E-state index is 0.0619. The van der Waals surface area contributed by atoms with Crippen LogP contribution in [0.4, 0.5) is 0 Å². The van der Waals surface area contributed by atoms with Crippen molar-refractivity contribution in [3.63, 3.8) is 0 Å². The summed E-state index contributed by atoms with van der Waals surface area (Å²) < 4.78 is 1.43. The lowest BCUT2D eigenvalue weighted by molar-refractivity contribution is 0.0935. The molecule has 7 nitrogen and oxygen atoms in total. The molecular weight excluding hydrogens is 304 g/mol. The number of halogens is 1. The normalized spacial score (nSPS) is 12.1. The van der Waals surface area contributed by atoms with E-state index in [9.17, 15) is 4.79 Å². The van der Waals surface area contributed by atoms with Gasteiger partial charge in [-0.1, -0.05) is 31.4 Å². The monoisotopic (exact) mass is 322 g/mol. The topological polar surface area (TPSA) is 98.7 Å². The Kier molecular flexibility index (Phi) is 5.85. The minimum Gasteiger partial charge on any atom is -0.348 e. The van der Waals surface area contributed by atoms with Crippen molar-refractivity contribution in [1.29, 1.82) is 0 Å². The summed E-state index contributed by atoms with van der Waals surface area (Å²) in [5, 5.41) is 14.4. The summed E-state index contributed by atoms with van der Waals surface area (Å²) in [6.45, 7) is 2.49. The van der Waals surface area contributed by atoms with E-state index in [1.54, 1.807) is 18.2 Å². The van der Waals surface area contributed by atoms with E-state index in [2.05, 4.69) is 27.8 Å². The van der Waals surface area contributed by atoms with Gasteiger partial charge >= 0.3 is 0 Å². The zero-order chi connectivity index (χ0) is 15.9. The summed E-state index contributed by atoms with van der Waals surface area (Å²) in [6, 6.07) is 4.93. The molecule has 3 N–H and O–H groups in total. The Morgan fingerprint density at radius 2 is 2.32 bits per heavy atom. The van der Waals surface area contributed by atoms with Crippen molar-refractivity contribution in [3.8, 4) is 5.69 Å². The zero-order valence-electron chi connectivity index (χ0n) is 12.4. The van der Waals surface area contributed by atoms with Crippen LogP contribution in [-0.4, -0.2) is 38.7 Å². The van der Waals surface area contributed by atoms with Crippen molar-refractivity contribution < 1.29 is 4.79 Å². The van der Waals surface area contributed by atoms with E-state index >= 15 is 0 Å². The molecule has 118 valence electrons. The lowest BCUT2D eigenvalue weighted by atomic mass is 10.1. The van der Waals surface area contributed by atoms with Gasteiger partial charge in [0.15, 0.2) is 0 Å². The highest BCUT2D eigenvalue weighted by atomic mass is 35.5. The first-order chi connectivity index (χ1) is 10.7. The summed E-state index contributed by atoms with van der Waals surface area (Å²) in [4.78, 5) is 12.5. The first kappa shape index (κ1) is 16.4. The highest BCUT2D eigenvalue weighted by Crippen LogP contribution is 2.19. The molecule has 8 heteroatoms. The molecule has 0 bridgehead atoms. The third kappa shape index (κ3) is 4.02. The predicted molar refractivity (Wildman–Crippen MR) is 84.0 cm³/mol. The van der Waals surface area contributed by atoms with Crippen LogP contribution in [0.3, 0.4) is 0 Å². The van der Waals surface area contributed by atoms with Crippen molar-refractivity contribution in [2.75, 3.05) is 6.54 Å². The summed E-state index contributed by atoms with van der Waals surface area (Å²) in [5.74, 6) is -0.237. The molecule has 0 aliphatic rings. The molecule has 0 radical (unpaired) electrons. The van der Waals surface area contributed by atoms with E-state index in [1.165, 1.54) is 11.0 Å². The number of benzene rings is 1. The smallest absolute Gasteiger partial charge is 0.253 e. The number of nitrogens with two attached hydrogens (primary N) is 1. The Morgan fingerprint density at radius 1 is 1.50 bits per heavy atom. The fourth-order valence-corrected chi connectivity index (χ4v) is 2.30. The van der Waals surface area contributed by atoms with Gasteiger partial charge in [0.1, 0.15) is 6.33 Å². The average Bonchev–Trinajstić information content (AvgIpc) is 3.05. The second-order valence-corrected chi connectivity index (χ2v) is 5.40. The van der Waals surface area contributed by atoms with E-state index in [0.29, 0.717) is 22.8 Å². The summed E-state index contributed by atoms with van der Waals surface area (Å²) in [5.41, 5.74) is 6.70. The molecule has 2 aromatic rings. The van der Waals surface area contributed by atoms with E-state index in [4.69, 9.17) is 17.3 Å². The Bertz CT molecular complexity index is 616. The highest BCUT2D eigenvalue weighted by molar-refractivity contribution is 6.31. The van der Waals surface area contributed by atoms with Gasteiger partial charge in [0.2, 0.25) is 0 Å². The first-order valence-electron chi connectivity index (χ1n) is 7.19. The first-order valence-corrected chi connectivity index (χ1v) is 7.57. The quantitative estimate of drug-likeness (QED) is 0.806. The van der Waals surface area contributed by atoms with Gasteiger partial charge in [-0.25, -0.2) is 0 Å². The summed E-state index contributed by atoms with van der Waals surface area (Å²) >= 11 is 6.01. The van der Waals surface area contributed by atoms with Gasteiger partial charge in [0, 0.05) is 17.6 Å². The van der Waals surface area contributed by atoms with Gasteiger partial charge in [-0.3, -0.25) is 4.79 Å². The lowest BCUT2D eigenvalue weighted by Gasteiger charge is -2.17. The maximum absolute atomic E-state index is 12.5. The number of nitrogens with zero attached hydrogens (tertiary/aromatic N) is 4. The Labute approximate surface area is 133 Å². The number of carbonyl (C=O) groups is 1. The minimum atomic E-state index is -0.237. The number of hydrogen-bond acceptors (Lipinski definition) is 5. The molecule has 0 saturated heterocycles. The molecule has 0 aliphatic heterocycles. The van der Waals surface area contributed by atoms with Gasteiger partial charge in [-0.15, -0.1) is 5.10 Å². The molecule has 1 heterocycles. The van der Waals surface area contributed by atoms with Crippen molar-refractivity contribution >= 4 is 17.5 Å². The van der Waals surface area contributed by atoms with Crippen molar-refractivity contribution in [2.45, 2.75) is 32.2 Å². The average molecular weight is 323 g/mol. The second kappa shape index (κ2) is 7.86. The third-order valence-corrected chi connectivity index (χ3v) is 3.56. The van der Waals surface area contributed by atoms with Gasteiger partial charge in [0.25, 0.3) is 5.91 Å². The van der Waals surface area contributed by atoms with Crippen LogP contribution in [0.1, 0.15) is 36.5 Å². The van der Waals surface area contributed by atoms with Crippen molar-refractivity contribution in [2.24, 2.45) is 5.73 Å². The molecule has 0 saturated carbocycles. The van der Waals surface area contributed by atoms with Gasteiger partial charge in [0.05, 0.1) is 11.3 Å². The number of hydrogen-bond donors (Lipinski definition) is 2. The largest absolute Gasteiger partial charge is 0.348 e. The molecule has 1 amide bonds. The molecule has 1 atom stereocenters. The SMILES string of the molecule is CCCCC(CN)NC(=O)c1cc(Cl)ccc1-n1cnnn1.